The van der Waals surface area contributed by atoms with Crippen LogP contribution in [0.5, 0.6) is 0 Å². The van der Waals surface area contributed by atoms with Crippen molar-refractivity contribution in [2.75, 3.05) is 59.4 Å². The van der Waals surface area contributed by atoms with E-state index in [0.717, 1.165) is 32.0 Å². The van der Waals surface area contributed by atoms with Crippen molar-refractivity contribution >= 4 is 5.96 Å². The summed E-state index contributed by atoms with van der Waals surface area (Å²) in [5.74, 6) is 3.39. The molecule has 0 aromatic carbocycles. The number of guanidine groups is 1. The van der Waals surface area contributed by atoms with Gasteiger partial charge in [-0.25, -0.2) is 0 Å². The van der Waals surface area contributed by atoms with Gasteiger partial charge >= 0.3 is 0 Å². The van der Waals surface area contributed by atoms with Crippen LogP contribution in [0.2, 0.25) is 0 Å². The first kappa shape index (κ1) is 16.8. The minimum absolute atomic E-state index is 0.518. The molecule has 0 aromatic heterocycles. The maximum Gasteiger partial charge on any atom is 0.192 e. The summed E-state index contributed by atoms with van der Waals surface area (Å²) in [4.78, 5) is 9.49. The summed E-state index contributed by atoms with van der Waals surface area (Å²) in [7, 11) is 2.20. The lowest BCUT2D eigenvalue weighted by molar-refractivity contribution is 0.275. The third kappa shape index (κ3) is 7.37. The molecule has 0 radical (unpaired) electrons. The molecule has 2 N–H and O–H groups in total. The van der Waals surface area contributed by atoms with Gasteiger partial charge in [-0.05, 0) is 46.4 Å². The van der Waals surface area contributed by atoms with Gasteiger partial charge in [0.2, 0.25) is 0 Å². The monoisotopic (exact) mass is 279 g/mol. The maximum atomic E-state index is 5.25. The molecule has 1 aliphatic rings. The normalized spacial score (nSPS) is 18.4. The molecule has 0 saturated carbocycles. The molecule has 1 heterocycles. The van der Waals surface area contributed by atoms with E-state index in [0.29, 0.717) is 6.54 Å². The van der Waals surface area contributed by atoms with E-state index in [2.05, 4.69) is 45.3 Å². The number of rotatable bonds is 6. The van der Waals surface area contributed by atoms with Gasteiger partial charge in [0.05, 0.1) is 6.54 Å². The fourth-order valence-electron chi connectivity index (χ4n) is 2.29. The first-order valence-corrected chi connectivity index (χ1v) is 7.62. The van der Waals surface area contributed by atoms with Gasteiger partial charge in [-0.15, -0.1) is 6.42 Å². The van der Waals surface area contributed by atoms with Crippen molar-refractivity contribution in [2.24, 2.45) is 4.99 Å². The lowest BCUT2D eigenvalue weighted by Crippen LogP contribution is -2.37. The average molecular weight is 279 g/mol. The van der Waals surface area contributed by atoms with Crippen molar-refractivity contribution < 1.29 is 0 Å². The lowest BCUT2D eigenvalue weighted by Gasteiger charge is -2.19. The molecule has 0 aliphatic carbocycles. The van der Waals surface area contributed by atoms with Crippen molar-refractivity contribution in [3.8, 4) is 12.3 Å². The van der Waals surface area contributed by atoms with Crippen LogP contribution in [0.25, 0.3) is 0 Å². The Morgan fingerprint density at radius 3 is 2.85 bits per heavy atom. The summed E-state index contributed by atoms with van der Waals surface area (Å²) < 4.78 is 0. The second-order valence-corrected chi connectivity index (χ2v) is 5.17. The zero-order chi connectivity index (χ0) is 14.6. The van der Waals surface area contributed by atoms with E-state index < -0.39 is 0 Å². The number of aliphatic imine (C=N–C) groups is 1. The molecule has 1 rings (SSSR count). The molecule has 0 spiro atoms. The van der Waals surface area contributed by atoms with Gasteiger partial charge in [-0.2, -0.15) is 0 Å². The summed E-state index contributed by atoms with van der Waals surface area (Å²) in [5, 5.41) is 6.30. The van der Waals surface area contributed by atoms with Crippen molar-refractivity contribution in [1.82, 2.24) is 20.4 Å². The van der Waals surface area contributed by atoms with Gasteiger partial charge in [0, 0.05) is 26.2 Å². The summed E-state index contributed by atoms with van der Waals surface area (Å²) in [6, 6.07) is 0. The van der Waals surface area contributed by atoms with Crippen LogP contribution in [0, 0.1) is 12.3 Å². The number of hydrogen-bond donors (Lipinski definition) is 2. The Kier molecular flexibility index (Phi) is 8.84. The number of terminal acetylenes is 1. The Morgan fingerprint density at radius 2 is 2.10 bits per heavy atom. The van der Waals surface area contributed by atoms with Crippen LogP contribution in [0.15, 0.2) is 4.99 Å². The van der Waals surface area contributed by atoms with Gasteiger partial charge in [-0.1, -0.05) is 5.92 Å². The first-order valence-electron chi connectivity index (χ1n) is 7.62. The highest BCUT2D eigenvalue weighted by Crippen LogP contribution is 2.01. The van der Waals surface area contributed by atoms with E-state index in [-0.39, 0.29) is 0 Å². The van der Waals surface area contributed by atoms with Crippen molar-refractivity contribution in [2.45, 2.75) is 19.8 Å². The summed E-state index contributed by atoms with van der Waals surface area (Å²) in [5.41, 5.74) is 0. The molecular formula is C15H29N5. The Bertz CT molecular complexity index is 321. The predicted molar refractivity (Wildman–Crippen MR) is 86.0 cm³/mol. The second kappa shape index (κ2) is 10.5. The van der Waals surface area contributed by atoms with Gasteiger partial charge in [0.1, 0.15) is 0 Å². The Hall–Kier alpha value is -1.25. The third-order valence-corrected chi connectivity index (χ3v) is 3.42. The molecule has 1 saturated heterocycles. The highest BCUT2D eigenvalue weighted by molar-refractivity contribution is 5.79. The van der Waals surface area contributed by atoms with Gasteiger partial charge in [-0.3, -0.25) is 4.99 Å². The van der Waals surface area contributed by atoms with E-state index in [1.54, 1.807) is 0 Å². The van der Waals surface area contributed by atoms with Gasteiger partial charge in [0.15, 0.2) is 5.96 Å². The van der Waals surface area contributed by atoms with Crippen LogP contribution in [-0.4, -0.2) is 75.2 Å². The molecule has 0 amide bonds. The van der Waals surface area contributed by atoms with Crippen LogP contribution in [0.1, 0.15) is 19.8 Å². The largest absolute Gasteiger partial charge is 0.357 e. The molecule has 0 aromatic rings. The predicted octanol–water partition coefficient (Wildman–Crippen LogP) is 0.202. The second-order valence-electron chi connectivity index (χ2n) is 5.17. The maximum absolute atomic E-state index is 5.25. The summed E-state index contributed by atoms with van der Waals surface area (Å²) in [6.45, 7) is 10.2. The molecule has 1 aliphatic heterocycles. The SMILES string of the molecule is C#CCNC(=NCCCN1CCCN(C)CC1)NCC. The standard InChI is InChI=1S/C15H29N5/c1-4-8-17-15(16-5-2)18-9-6-11-20-12-7-10-19(3)13-14-20/h1H,5-14H2,2-3H3,(H2,16,17,18). The van der Waals surface area contributed by atoms with Crippen LogP contribution >= 0.6 is 0 Å². The zero-order valence-electron chi connectivity index (χ0n) is 13.0. The van der Waals surface area contributed by atoms with Crippen molar-refractivity contribution in [3.63, 3.8) is 0 Å². The third-order valence-electron chi connectivity index (χ3n) is 3.42. The molecule has 0 atom stereocenters. The van der Waals surface area contributed by atoms with Crippen molar-refractivity contribution in [1.29, 1.82) is 0 Å². The lowest BCUT2D eigenvalue weighted by atomic mass is 10.3. The highest BCUT2D eigenvalue weighted by Gasteiger charge is 2.10. The quantitative estimate of drug-likeness (QED) is 0.316. The number of nitrogens with one attached hydrogen (secondary N) is 2. The van der Waals surface area contributed by atoms with E-state index in [4.69, 9.17) is 6.42 Å². The highest BCUT2D eigenvalue weighted by atomic mass is 15.2. The zero-order valence-corrected chi connectivity index (χ0v) is 13.0. The minimum atomic E-state index is 0.518. The van der Waals surface area contributed by atoms with E-state index in [1.165, 1.54) is 32.6 Å². The fraction of sp³-hybridized carbons (Fsp3) is 0.800. The smallest absolute Gasteiger partial charge is 0.192 e. The Labute approximate surface area is 123 Å². The molecule has 0 unspecified atom stereocenters. The van der Waals surface area contributed by atoms with Crippen LogP contribution < -0.4 is 10.6 Å². The van der Waals surface area contributed by atoms with Crippen LogP contribution in [0.3, 0.4) is 0 Å². The minimum Gasteiger partial charge on any atom is -0.357 e. The topological polar surface area (TPSA) is 42.9 Å². The molecule has 114 valence electrons. The van der Waals surface area contributed by atoms with E-state index in [1.807, 2.05) is 0 Å². The fourth-order valence-corrected chi connectivity index (χ4v) is 2.29. The molecular weight excluding hydrogens is 250 g/mol. The summed E-state index contributed by atoms with van der Waals surface area (Å²) in [6.07, 6.45) is 7.61. The average Bonchev–Trinajstić information content (AvgIpc) is 2.65. The molecule has 5 nitrogen and oxygen atoms in total. The van der Waals surface area contributed by atoms with Crippen LogP contribution in [0.4, 0.5) is 0 Å². The van der Waals surface area contributed by atoms with Crippen molar-refractivity contribution in [3.05, 3.63) is 0 Å². The van der Waals surface area contributed by atoms with Gasteiger partial charge < -0.3 is 20.4 Å². The van der Waals surface area contributed by atoms with E-state index in [9.17, 15) is 0 Å². The first-order chi connectivity index (χ1) is 9.76. The number of nitrogens with zero attached hydrogens (tertiary/aromatic N) is 3. The molecule has 0 bridgehead atoms. The van der Waals surface area contributed by atoms with E-state index >= 15 is 0 Å². The Balaban J connectivity index is 2.22. The molecule has 5 heteroatoms. The number of likely N-dealkylation sites (N-methyl/N-ethyl adjacent to an activating group) is 1. The van der Waals surface area contributed by atoms with Gasteiger partial charge in [0.25, 0.3) is 0 Å². The Morgan fingerprint density at radius 1 is 1.25 bits per heavy atom. The molecule has 20 heavy (non-hydrogen) atoms. The van der Waals surface area contributed by atoms with Crippen LogP contribution in [-0.2, 0) is 0 Å². The number of hydrogen-bond acceptors (Lipinski definition) is 3. The molecule has 1 fully saturated rings. The summed E-state index contributed by atoms with van der Waals surface area (Å²) >= 11 is 0.